The molecule has 10 heteroatoms. The van der Waals surface area contributed by atoms with E-state index in [0.717, 1.165) is 22.6 Å². The third kappa shape index (κ3) is 5.68. The number of hydrazone groups is 1. The van der Waals surface area contributed by atoms with Crippen LogP contribution in [0.4, 0.5) is 10.1 Å². The number of anilines is 1. The summed E-state index contributed by atoms with van der Waals surface area (Å²) in [6.07, 6.45) is 0.494. The number of amidine groups is 1. The molecule has 0 unspecified atom stereocenters. The maximum absolute atomic E-state index is 13.4. The number of nitrogens with zero attached hydrogens (tertiary/aromatic N) is 3. The molecular formula is C27H22ClFN4O3S. The maximum Gasteiger partial charge on any atom is 0.262 e. The Morgan fingerprint density at radius 1 is 1.16 bits per heavy atom. The third-order valence-corrected chi connectivity index (χ3v) is 7.39. The fourth-order valence-electron chi connectivity index (χ4n) is 4.14. The highest BCUT2D eigenvalue weighted by molar-refractivity contribution is 8.15. The number of amides is 2. The fraction of sp³-hybridized carbons (Fsp3) is 0.185. The van der Waals surface area contributed by atoms with Crippen LogP contribution in [0, 0.1) is 5.82 Å². The average molecular weight is 537 g/mol. The van der Waals surface area contributed by atoms with Crippen LogP contribution in [0.1, 0.15) is 30.0 Å². The summed E-state index contributed by atoms with van der Waals surface area (Å²) in [5.41, 5.74) is 3.08. The van der Waals surface area contributed by atoms with Gasteiger partial charge in [0.15, 0.2) is 5.17 Å². The predicted molar refractivity (Wildman–Crippen MR) is 144 cm³/mol. The summed E-state index contributed by atoms with van der Waals surface area (Å²) >= 11 is 7.30. The number of hydrogen-bond acceptors (Lipinski definition) is 6. The quantitative estimate of drug-likeness (QED) is 0.439. The number of aliphatic imine (C=N–C) groups is 1. The molecule has 0 spiro atoms. The molecule has 0 aliphatic carbocycles. The molecule has 0 radical (unpaired) electrons. The summed E-state index contributed by atoms with van der Waals surface area (Å²) < 4.78 is 18.7. The Balaban J connectivity index is 1.35. The lowest BCUT2D eigenvalue weighted by molar-refractivity contribution is -0.121. The lowest BCUT2D eigenvalue weighted by atomic mass is 9.98. The highest BCUT2D eigenvalue weighted by atomic mass is 35.5. The number of hydrogen-bond donors (Lipinski definition) is 1. The zero-order chi connectivity index (χ0) is 25.9. The molecular weight excluding hydrogens is 515 g/mol. The Labute approximate surface area is 222 Å². The standard InChI is InChI=1S/C27H22ClFN4O3S/c1-36-21-11-7-16(8-12-21)22-14-23(17-5-9-18(28)10-6-17)33(32-22)27-31-26(35)24(37-27)15-25(34)30-20-4-2-3-19(29)13-20/h2-13,23-24H,14-15H2,1H3,(H,30,34)/t23-,24+/m1/s1. The van der Waals surface area contributed by atoms with Gasteiger partial charge in [-0.2, -0.15) is 10.1 Å². The molecule has 0 fully saturated rings. The Kier molecular flexibility index (Phi) is 7.25. The smallest absolute Gasteiger partial charge is 0.262 e. The van der Waals surface area contributed by atoms with Crippen molar-refractivity contribution in [2.45, 2.75) is 24.1 Å². The van der Waals surface area contributed by atoms with Crippen LogP contribution in [0.3, 0.4) is 0 Å². The minimum atomic E-state index is -0.699. The number of carbonyl (C=O) groups is 2. The van der Waals surface area contributed by atoms with E-state index in [0.29, 0.717) is 22.3 Å². The van der Waals surface area contributed by atoms with E-state index in [2.05, 4.69) is 10.3 Å². The maximum atomic E-state index is 13.4. The lowest BCUT2D eigenvalue weighted by Crippen LogP contribution is -2.25. The molecule has 2 heterocycles. The van der Waals surface area contributed by atoms with Crippen LogP contribution >= 0.6 is 23.4 Å². The van der Waals surface area contributed by atoms with Gasteiger partial charge in [-0.3, -0.25) is 9.59 Å². The molecule has 0 saturated carbocycles. The van der Waals surface area contributed by atoms with Crippen molar-refractivity contribution in [2.24, 2.45) is 10.1 Å². The number of halogens is 2. The number of ether oxygens (including phenoxy) is 1. The van der Waals surface area contributed by atoms with Crippen molar-refractivity contribution >= 4 is 51.7 Å². The summed E-state index contributed by atoms with van der Waals surface area (Å²) in [7, 11) is 1.61. The van der Waals surface area contributed by atoms with E-state index in [9.17, 15) is 14.0 Å². The van der Waals surface area contributed by atoms with Gasteiger partial charge in [0.2, 0.25) is 5.91 Å². The van der Waals surface area contributed by atoms with Crippen molar-refractivity contribution in [3.05, 3.63) is 94.8 Å². The first-order valence-electron chi connectivity index (χ1n) is 11.5. The minimum absolute atomic E-state index is 0.0957. The van der Waals surface area contributed by atoms with Gasteiger partial charge in [-0.05, 0) is 65.7 Å². The molecule has 5 rings (SSSR count). The van der Waals surface area contributed by atoms with Crippen LogP contribution in [-0.4, -0.2) is 40.1 Å². The molecule has 0 aromatic heterocycles. The minimum Gasteiger partial charge on any atom is -0.497 e. The molecule has 2 aliphatic rings. The van der Waals surface area contributed by atoms with E-state index in [-0.39, 0.29) is 12.5 Å². The van der Waals surface area contributed by atoms with Gasteiger partial charge in [0, 0.05) is 23.6 Å². The number of rotatable bonds is 6. The second-order valence-electron chi connectivity index (χ2n) is 8.49. The topological polar surface area (TPSA) is 83.4 Å². The van der Waals surface area contributed by atoms with Crippen molar-refractivity contribution in [1.82, 2.24) is 5.01 Å². The van der Waals surface area contributed by atoms with E-state index in [4.69, 9.17) is 21.4 Å². The van der Waals surface area contributed by atoms with Gasteiger partial charge in [0.25, 0.3) is 5.91 Å². The normalized spacial score (nSPS) is 19.0. The zero-order valence-corrected chi connectivity index (χ0v) is 21.3. The number of methoxy groups -OCH3 is 1. The van der Waals surface area contributed by atoms with Crippen LogP contribution in [0.25, 0.3) is 0 Å². The highest BCUT2D eigenvalue weighted by Gasteiger charge is 2.39. The summed E-state index contributed by atoms with van der Waals surface area (Å²) in [4.78, 5) is 29.5. The van der Waals surface area contributed by atoms with Crippen LogP contribution in [0.5, 0.6) is 5.75 Å². The number of benzene rings is 3. The van der Waals surface area contributed by atoms with E-state index in [1.807, 2.05) is 48.5 Å². The van der Waals surface area contributed by atoms with Gasteiger partial charge in [-0.25, -0.2) is 9.40 Å². The van der Waals surface area contributed by atoms with Gasteiger partial charge >= 0.3 is 0 Å². The van der Waals surface area contributed by atoms with E-state index in [1.54, 1.807) is 18.2 Å². The zero-order valence-electron chi connectivity index (χ0n) is 19.7. The highest BCUT2D eigenvalue weighted by Crippen LogP contribution is 2.39. The van der Waals surface area contributed by atoms with Gasteiger partial charge in [-0.1, -0.05) is 41.6 Å². The Morgan fingerprint density at radius 3 is 2.62 bits per heavy atom. The molecule has 188 valence electrons. The van der Waals surface area contributed by atoms with Crippen molar-refractivity contribution in [2.75, 3.05) is 12.4 Å². The summed E-state index contributed by atoms with van der Waals surface area (Å²) in [6.45, 7) is 0. The van der Waals surface area contributed by atoms with Gasteiger partial charge in [0.1, 0.15) is 16.8 Å². The molecule has 7 nitrogen and oxygen atoms in total. The molecule has 3 aromatic rings. The fourth-order valence-corrected chi connectivity index (χ4v) is 5.33. The molecule has 37 heavy (non-hydrogen) atoms. The van der Waals surface area contributed by atoms with Crippen molar-refractivity contribution < 1.29 is 18.7 Å². The number of nitrogens with one attached hydrogen (secondary N) is 1. The third-order valence-electron chi connectivity index (χ3n) is 5.99. The van der Waals surface area contributed by atoms with Gasteiger partial charge < -0.3 is 10.1 Å². The second kappa shape index (κ2) is 10.7. The van der Waals surface area contributed by atoms with Gasteiger partial charge in [-0.15, -0.1) is 0 Å². The number of thioether (sulfide) groups is 1. The van der Waals surface area contributed by atoms with Crippen LogP contribution in [0.15, 0.2) is 82.9 Å². The summed E-state index contributed by atoms with van der Waals surface area (Å²) in [5, 5.41) is 9.56. The van der Waals surface area contributed by atoms with Crippen LogP contribution in [-0.2, 0) is 9.59 Å². The van der Waals surface area contributed by atoms with Crippen molar-refractivity contribution in [3.63, 3.8) is 0 Å². The predicted octanol–water partition coefficient (Wildman–Crippen LogP) is 5.67. The second-order valence-corrected chi connectivity index (χ2v) is 10.1. The first-order valence-corrected chi connectivity index (χ1v) is 12.8. The largest absolute Gasteiger partial charge is 0.497 e. The first kappa shape index (κ1) is 25.0. The summed E-state index contributed by atoms with van der Waals surface area (Å²) in [5.74, 6) is -0.514. The average Bonchev–Trinajstić information content (AvgIpc) is 3.48. The molecule has 1 N–H and O–H groups in total. The van der Waals surface area contributed by atoms with E-state index in [1.165, 1.54) is 30.0 Å². The van der Waals surface area contributed by atoms with Gasteiger partial charge in [0.05, 0.1) is 18.9 Å². The van der Waals surface area contributed by atoms with Crippen molar-refractivity contribution in [3.8, 4) is 5.75 Å². The summed E-state index contributed by atoms with van der Waals surface area (Å²) in [6, 6.07) is 20.5. The molecule has 0 saturated heterocycles. The molecule has 3 aromatic carbocycles. The Bertz CT molecular complexity index is 1400. The molecule has 2 amide bonds. The lowest BCUT2D eigenvalue weighted by Gasteiger charge is -2.23. The van der Waals surface area contributed by atoms with E-state index >= 15 is 0 Å². The number of carbonyl (C=O) groups excluding carboxylic acids is 2. The molecule has 2 aliphatic heterocycles. The van der Waals surface area contributed by atoms with Crippen LogP contribution < -0.4 is 10.1 Å². The van der Waals surface area contributed by atoms with Crippen LogP contribution in [0.2, 0.25) is 5.02 Å². The monoisotopic (exact) mass is 536 g/mol. The SMILES string of the molecule is COc1ccc(C2=NN(C3=NC(=O)[C@H](CC(=O)Nc4cccc(F)c4)S3)[C@@H](c3ccc(Cl)cc3)C2)cc1. The Hall–Kier alpha value is -3.69. The molecule has 2 atom stereocenters. The van der Waals surface area contributed by atoms with E-state index < -0.39 is 22.9 Å². The Morgan fingerprint density at radius 2 is 1.92 bits per heavy atom. The first-order chi connectivity index (χ1) is 17.9. The van der Waals surface area contributed by atoms with Crippen molar-refractivity contribution in [1.29, 1.82) is 0 Å². The molecule has 0 bridgehead atoms.